The van der Waals surface area contributed by atoms with Gasteiger partial charge in [0.05, 0.1) is 4.91 Å². The summed E-state index contributed by atoms with van der Waals surface area (Å²) in [4.78, 5) is 27.3. The number of thioether (sulfide) groups is 1. The Morgan fingerprint density at radius 1 is 1.06 bits per heavy atom. The summed E-state index contributed by atoms with van der Waals surface area (Å²) in [5.41, 5.74) is 1.60. The number of ether oxygens (including phenoxy) is 2. The summed E-state index contributed by atoms with van der Waals surface area (Å²) in [7, 11) is 0. The maximum absolute atomic E-state index is 12.8. The van der Waals surface area contributed by atoms with E-state index < -0.39 is 0 Å². The van der Waals surface area contributed by atoms with Crippen LogP contribution in [-0.4, -0.2) is 34.4 Å². The minimum Gasteiger partial charge on any atom is -0.454 e. The first kappa shape index (κ1) is 21.5. The molecule has 1 saturated heterocycles. The fraction of sp³-hybridized carbons (Fsp3) is 0.160. The summed E-state index contributed by atoms with van der Waals surface area (Å²) >= 11 is 6.67. The fourth-order valence-corrected chi connectivity index (χ4v) is 5.04. The average Bonchev–Trinajstić information content (AvgIpc) is 3.38. The van der Waals surface area contributed by atoms with Crippen molar-refractivity contribution in [1.29, 1.82) is 0 Å². The van der Waals surface area contributed by atoms with Crippen LogP contribution >= 0.6 is 24.0 Å². The lowest BCUT2D eigenvalue weighted by Gasteiger charge is -2.14. The molecular formula is C25H20N2O4S2. The van der Waals surface area contributed by atoms with Crippen LogP contribution in [0.25, 0.3) is 16.8 Å². The van der Waals surface area contributed by atoms with Crippen molar-refractivity contribution in [2.24, 2.45) is 0 Å². The number of thiocarbonyl (C=S) groups is 1. The van der Waals surface area contributed by atoms with Crippen molar-refractivity contribution in [1.82, 2.24) is 4.90 Å². The molecule has 33 heavy (non-hydrogen) atoms. The lowest BCUT2D eigenvalue weighted by atomic mass is 10.1. The molecule has 0 unspecified atom stereocenters. The van der Waals surface area contributed by atoms with Crippen molar-refractivity contribution < 1.29 is 19.1 Å². The van der Waals surface area contributed by atoms with Crippen LogP contribution in [0.5, 0.6) is 11.5 Å². The van der Waals surface area contributed by atoms with Crippen molar-refractivity contribution in [3.05, 3.63) is 71.1 Å². The van der Waals surface area contributed by atoms with Crippen molar-refractivity contribution in [2.75, 3.05) is 18.7 Å². The van der Waals surface area contributed by atoms with Gasteiger partial charge in [-0.05, 0) is 53.1 Å². The summed E-state index contributed by atoms with van der Waals surface area (Å²) < 4.78 is 11.2. The highest BCUT2D eigenvalue weighted by Crippen LogP contribution is 2.36. The SMILES string of the molecule is O=C(CCCN1C(=O)C(=Cc2ccc3c(c2)OCO3)SC1=S)Nc1ccc2ccccc2c1. The summed E-state index contributed by atoms with van der Waals surface area (Å²) in [6.45, 7) is 0.601. The number of rotatable bonds is 6. The summed E-state index contributed by atoms with van der Waals surface area (Å²) in [5.74, 6) is 1.13. The molecule has 0 aromatic heterocycles. The Morgan fingerprint density at radius 3 is 2.76 bits per heavy atom. The lowest BCUT2D eigenvalue weighted by molar-refractivity contribution is -0.122. The summed E-state index contributed by atoms with van der Waals surface area (Å²) in [6, 6.07) is 19.4. The van der Waals surface area contributed by atoms with Gasteiger partial charge in [-0.15, -0.1) is 0 Å². The third kappa shape index (κ3) is 4.72. The van der Waals surface area contributed by atoms with Gasteiger partial charge in [0.25, 0.3) is 5.91 Å². The van der Waals surface area contributed by atoms with E-state index >= 15 is 0 Å². The van der Waals surface area contributed by atoms with Gasteiger partial charge in [-0.25, -0.2) is 0 Å². The van der Waals surface area contributed by atoms with E-state index in [2.05, 4.69) is 5.32 Å². The maximum Gasteiger partial charge on any atom is 0.266 e. The third-order valence-electron chi connectivity index (χ3n) is 5.39. The monoisotopic (exact) mass is 476 g/mol. The van der Waals surface area contributed by atoms with Crippen LogP contribution in [-0.2, 0) is 9.59 Å². The second-order valence-electron chi connectivity index (χ2n) is 7.66. The number of carbonyl (C=O) groups is 2. The van der Waals surface area contributed by atoms with E-state index in [1.807, 2.05) is 60.7 Å². The number of benzene rings is 3. The molecule has 2 amide bonds. The van der Waals surface area contributed by atoms with E-state index in [0.29, 0.717) is 40.1 Å². The van der Waals surface area contributed by atoms with Gasteiger partial charge in [0.15, 0.2) is 11.5 Å². The van der Waals surface area contributed by atoms with Gasteiger partial charge < -0.3 is 14.8 Å². The molecule has 0 atom stereocenters. The molecule has 0 radical (unpaired) electrons. The summed E-state index contributed by atoms with van der Waals surface area (Å²) in [6.07, 6.45) is 2.61. The van der Waals surface area contributed by atoms with Gasteiger partial charge in [-0.2, -0.15) is 0 Å². The van der Waals surface area contributed by atoms with Gasteiger partial charge in [-0.1, -0.05) is 60.4 Å². The smallest absolute Gasteiger partial charge is 0.266 e. The number of fused-ring (bicyclic) bond motifs is 2. The zero-order valence-corrected chi connectivity index (χ0v) is 19.2. The van der Waals surface area contributed by atoms with Gasteiger partial charge in [0, 0.05) is 18.7 Å². The van der Waals surface area contributed by atoms with Gasteiger partial charge >= 0.3 is 0 Å². The average molecular weight is 477 g/mol. The molecule has 0 spiro atoms. The second-order valence-corrected chi connectivity index (χ2v) is 9.34. The Bertz CT molecular complexity index is 1300. The van der Waals surface area contributed by atoms with E-state index in [1.54, 1.807) is 11.0 Å². The van der Waals surface area contributed by atoms with Gasteiger partial charge in [-0.3, -0.25) is 14.5 Å². The minimum absolute atomic E-state index is 0.0911. The van der Waals surface area contributed by atoms with E-state index in [4.69, 9.17) is 21.7 Å². The van der Waals surface area contributed by atoms with Crippen LogP contribution in [0.4, 0.5) is 5.69 Å². The molecule has 166 valence electrons. The fourth-order valence-electron chi connectivity index (χ4n) is 3.74. The second kappa shape index (κ2) is 9.25. The molecule has 1 fully saturated rings. The van der Waals surface area contributed by atoms with E-state index in [0.717, 1.165) is 22.0 Å². The Labute approximate surface area is 200 Å². The van der Waals surface area contributed by atoms with Crippen LogP contribution in [0.2, 0.25) is 0 Å². The predicted molar refractivity (Wildman–Crippen MR) is 134 cm³/mol. The molecule has 3 aromatic carbocycles. The molecule has 5 rings (SSSR count). The van der Waals surface area contributed by atoms with E-state index in [1.165, 1.54) is 11.8 Å². The predicted octanol–water partition coefficient (Wildman–Crippen LogP) is 5.19. The number of anilines is 1. The van der Waals surface area contributed by atoms with Crippen LogP contribution in [0.3, 0.4) is 0 Å². The van der Waals surface area contributed by atoms with E-state index in [-0.39, 0.29) is 18.6 Å². The number of hydrogen-bond acceptors (Lipinski definition) is 6. The molecule has 2 aliphatic rings. The van der Waals surface area contributed by atoms with E-state index in [9.17, 15) is 9.59 Å². The Morgan fingerprint density at radius 2 is 1.88 bits per heavy atom. The Balaban J connectivity index is 1.16. The quantitative estimate of drug-likeness (QED) is 0.390. The number of nitrogens with zero attached hydrogens (tertiary/aromatic N) is 1. The molecule has 2 heterocycles. The number of carbonyl (C=O) groups excluding carboxylic acids is 2. The summed E-state index contributed by atoms with van der Waals surface area (Å²) in [5, 5.41) is 5.13. The Hall–Kier alpha value is -3.36. The van der Waals surface area contributed by atoms with Crippen LogP contribution in [0.1, 0.15) is 18.4 Å². The molecule has 0 bridgehead atoms. The van der Waals surface area contributed by atoms with Gasteiger partial charge in [0.1, 0.15) is 4.32 Å². The lowest BCUT2D eigenvalue weighted by Crippen LogP contribution is -2.29. The molecule has 6 nitrogen and oxygen atoms in total. The first-order valence-corrected chi connectivity index (χ1v) is 11.7. The van der Waals surface area contributed by atoms with Crippen molar-refractivity contribution >= 4 is 62.7 Å². The molecular weight excluding hydrogens is 456 g/mol. The zero-order valence-electron chi connectivity index (χ0n) is 17.6. The highest BCUT2D eigenvalue weighted by atomic mass is 32.2. The van der Waals surface area contributed by atoms with Crippen LogP contribution in [0.15, 0.2) is 65.6 Å². The number of hydrogen-bond donors (Lipinski definition) is 1. The first-order valence-electron chi connectivity index (χ1n) is 10.5. The molecule has 0 saturated carbocycles. The first-order chi connectivity index (χ1) is 16.1. The van der Waals surface area contributed by atoms with Crippen molar-refractivity contribution in [2.45, 2.75) is 12.8 Å². The standard InChI is InChI=1S/C25H20N2O4S2/c28-23(26-19-9-8-17-4-1-2-5-18(17)14-19)6-3-11-27-24(29)22(33-25(27)32)13-16-7-10-20-21(12-16)31-15-30-20/h1-2,4-5,7-10,12-14H,3,6,11,15H2,(H,26,28). The molecule has 3 aromatic rings. The molecule has 8 heteroatoms. The largest absolute Gasteiger partial charge is 0.454 e. The highest BCUT2D eigenvalue weighted by Gasteiger charge is 2.31. The topological polar surface area (TPSA) is 67.9 Å². The van der Waals surface area contributed by atoms with Crippen LogP contribution < -0.4 is 14.8 Å². The number of amides is 2. The van der Waals surface area contributed by atoms with Crippen molar-refractivity contribution in [3.8, 4) is 11.5 Å². The molecule has 0 aliphatic carbocycles. The van der Waals surface area contributed by atoms with Crippen LogP contribution in [0, 0.1) is 0 Å². The van der Waals surface area contributed by atoms with Gasteiger partial charge in [0.2, 0.25) is 12.7 Å². The Kier molecular flexibility index (Phi) is 6.02. The third-order valence-corrected chi connectivity index (χ3v) is 6.76. The van der Waals surface area contributed by atoms with Crippen molar-refractivity contribution in [3.63, 3.8) is 0 Å². The zero-order chi connectivity index (χ0) is 22.8. The molecule has 2 aliphatic heterocycles. The maximum atomic E-state index is 12.8. The number of nitrogens with one attached hydrogen (secondary N) is 1. The normalized spacial score (nSPS) is 16.1. The molecule has 1 N–H and O–H groups in total. The highest BCUT2D eigenvalue weighted by molar-refractivity contribution is 8.26. The minimum atomic E-state index is -0.141.